The first kappa shape index (κ1) is 19.3. The molecule has 7 heteroatoms. The van der Waals surface area contributed by atoms with Gasteiger partial charge in [-0.15, -0.1) is 11.3 Å². The predicted molar refractivity (Wildman–Crippen MR) is 121 cm³/mol. The number of furan rings is 1. The Labute approximate surface area is 182 Å². The molecule has 1 aliphatic rings. The Morgan fingerprint density at radius 1 is 1.06 bits per heavy atom. The molecule has 0 aliphatic heterocycles. The van der Waals surface area contributed by atoms with E-state index in [1.807, 2.05) is 24.3 Å². The molecule has 2 N–H and O–H groups in total. The number of aryl methyl sites for hydroxylation is 1. The second-order valence-electron chi connectivity index (χ2n) is 7.42. The van der Waals surface area contributed by atoms with Crippen LogP contribution in [0.4, 0.5) is 10.8 Å². The lowest BCUT2D eigenvalue weighted by Gasteiger charge is -2.07. The van der Waals surface area contributed by atoms with Gasteiger partial charge in [-0.05, 0) is 53.8 Å². The van der Waals surface area contributed by atoms with Crippen LogP contribution in [0.15, 0.2) is 64.6 Å². The molecule has 6 nitrogen and oxygen atoms in total. The van der Waals surface area contributed by atoms with Crippen LogP contribution >= 0.6 is 11.3 Å². The molecule has 0 unspecified atom stereocenters. The molecule has 0 saturated heterocycles. The monoisotopic (exact) mass is 429 g/mol. The first-order valence-corrected chi connectivity index (χ1v) is 10.8. The van der Waals surface area contributed by atoms with Gasteiger partial charge in [-0.2, -0.15) is 0 Å². The standard InChI is InChI=1S/C24H19N3O3S/c1-14-19(8-9-30-14)23(29)27-24-26-18(13-31-24)12-22(28)25-17-6-7-21-16(11-17)10-15-4-2-3-5-20(15)21/h2-9,11,13H,10,12H2,1H3,(H,25,28)(H,26,27,29). The normalized spacial score (nSPS) is 11.6. The minimum Gasteiger partial charge on any atom is -0.469 e. The molecule has 0 bridgehead atoms. The maximum absolute atomic E-state index is 12.5. The van der Waals surface area contributed by atoms with E-state index in [-0.39, 0.29) is 18.2 Å². The average Bonchev–Trinajstić information content (AvgIpc) is 3.46. The van der Waals surface area contributed by atoms with Crippen LogP contribution in [0, 0.1) is 6.92 Å². The van der Waals surface area contributed by atoms with Gasteiger partial charge in [0.2, 0.25) is 5.91 Å². The second-order valence-corrected chi connectivity index (χ2v) is 8.28. The topological polar surface area (TPSA) is 84.2 Å². The minimum atomic E-state index is -0.282. The number of aromatic nitrogens is 1. The van der Waals surface area contributed by atoms with Crippen molar-refractivity contribution in [2.45, 2.75) is 19.8 Å². The molecule has 2 amide bonds. The van der Waals surface area contributed by atoms with E-state index in [1.165, 1.54) is 39.9 Å². The first-order chi connectivity index (χ1) is 15.1. The van der Waals surface area contributed by atoms with E-state index in [4.69, 9.17) is 4.42 Å². The lowest BCUT2D eigenvalue weighted by Crippen LogP contribution is -2.15. The highest BCUT2D eigenvalue weighted by Crippen LogP contribution is 2.37. The Bertz CT molecular complexity index is 1300. The Balaban J connectivity index is 1.21. The van der Waals surface area contributed by atoms with Crippen LogP contribution in [0.1, 0.15) is 32.9 Å². The molecule has 1 aliphatic carbocycles. The molecule has 4 aromatic rings. The zero-order chi connectivity index (χ0) is 21.4. The van der Waals surface area contributed by atoms with Gasteiger partial charge in [0.1, 0.15) is 5.76 Å². The number of amides is 2. The Morgan fingerprint density at radius 2 is 1.90 bits per heavy atom. The van der Waals surface area contributed by atoms with E-state index in [1.54, 1.807) is 18.4 Å². The van der Waals surface area contributed by atoms with Gasteiger partial charge in [-0.25, -0.2) is 4.98 Å². The summed E-state index contributed by atoms with van der Waals surface area (Å²) in [5, 5.41) is 7.92. The average molecular weight is 430 g/mol. The van der Waals surface area contributed by atoms with Gasteiger partial charge in [0.25, 0.3) is 5.91 Å². The van der Waals surface area contributed by atoms with Gasteiger partial charge in [0.05, 0.1) is 23.9 Å². The van der Waals surface area contributed by atoms with Crippen molar-refractivity contribution >= 4 is 34.0 Å². The SMILES string of the molecule is Cc1occc1C(=O)Nc1nc(CC(=O)Nc2ccc3c(c2)Cc2ccccc2-3)cs1. The van der Waals surface area contributed by atoms with E-state index in [2.05, 4.69) is 33.8 Å². The van der Waals surface area contributed by atoms with Gasteiger partial charge in [0, 0.05) is 11.1 Å². The molecule has 0 radical (unpaired) electrons. The second kappa shape index (κ2) is 7.85. The molecular weight excluding hydrogens is 410 g/mol. The Morgan fingerprint density at radius 3 is 2.74 bits per heavy atom. The number of fused-ring (bicyclic) bond motifs is 3. The largest absolute Gasteiger partial charge is 0.469 e. The van der Waals surface area contributed by atoms with Crippen LogP contribution in [-0.2, 0) is 17.6 Å². The molecular formula is C24H19N3O3S. The van der Waals surface area contributed by atoms with Crippen molar-refractivity contribution < 1.29 is 14.0 Å². The van der Waals surface area contributed by atoms with Gasteiger partial charge in [-0.3, -0.25) is 14.9 Å². The lowest BCUT2D eigenvalue weighted by molar-refractivity contribution is -0.115. The summed E-state index contributed by atoms with van der Waals surface area (Å²) in [6.45, 7) is 1.73. The van der Waals surface area contributed by atoms with Crippen molar-refractivity contribution in [3.63, 3.8) is 0 Å². The van der Waals surface area contributed by atoms with Crippen molar-refractivity contribution in [1.29, 1.82) is 0 Å². The van der Waals surface area contributed by atoms with Crippen molar-refractivity contribution in [3.8, 4) is 11.1 Å². The Kier molecular flexibility index (Phi) is 4.88. The summed E-state index contributed by atoms with van der Waals surface area (Å²) in [7, 11) is 0. The number of carbonyl (C=O) groups excluding carboxylic acids is 2. The van der Waals surface area contributed by atoms with E-state index >= 15 is 0 Å². The highest BCUT2D eigenvalue weighted by atomic mass is 32.1. The molecule has 2 heterocycles. The molecule has 0 fully saturated rings. The molecule has 0 saturated carbocycles. The third-order valence-electron chi connectivity index (χ3n) is 5.29. The number of anilines is 2. The number of hydrogen-bond acceptors (Lipinski definition) is 5. The number of thiazole rings is 1. The summed E-state index contributed by atoms with van der Waals surface area (Å²) in [5.74, 6) is 0.117. The molecule has 2 aromatic carbocycles. The Hall–Kier alpha value is -3.71. The zero-order valence-electron chi connectivity index (χ0n) is 16.8. The third kappa shape index (κ3) is 3.87. The number of nitrogens with one attached hydrogen (secondary N) is 2. The van der Waals surface area contributed by atoms with Gasteiger partial charge in [0.15, 0.2) is 5.13 Å². The summed E-state index contributed by atoms with van der Waals surface area (Å²) in [6, 6.07) is 16.0. The number of hydrogen-bond donors (Lipinski definition) is 2. The van der Waals surface area contributed by atoms with E-state index in [0.29, 0.717) is 22.1 Å². The lowest BCUT2D eigenvalue weighted by atomic mass is 10.1. The zero-order valence-corrected chi connectivity index (χ0v) is 17.6. The first-order valence-electron chi connectivity index (χ1n) is 9.88. The number of rotatable bonds is 5. The fraction of sp³-hybridized carbons (Fsp3) is 0.125. The minimum absolute atomic E-state index is 0.133. The van der Waals surface area contributed by atoms with Gasteiger partial charge in [-0.1, -0.05) is 30.3 Å². The van der Waals surface area contributed by atoms with E-state index in [0.717, 1.165) is 12.1 Å². The molecule has 2 aromatic heterocycles. The van der Waals surface area contributed by atoms with E-state index in [9.17, 15) is 9.59 Å². The predicted octanol–water partition coefficient (Wildman–Crippen LogP) is 5.05. The van der Waals surface area contributed by atoms with Crippen LogP contribution < -0.4 is 10.6 Å². The number of carbonyl (C=O) groups is 2. The smallest absolute Gasteiger partial charge is 0.260 e. The van der Waals surface area contributed by atoms with Crippen LogP contribution in [-0.4, -0.2) is 16.8 Å². The van der Waals surface area contributed by atoms with Crippen molar-refractivity contribution in [1.82, 2.24) is 4.98 Å². The number of benzene rings is 2. The highest BCUT2D eigenvalue weighted by molar-refractivity contribution is 7.14. The van der Waals surface area contributed by atoms with Crippen LogP contribution in [0.2, 0.25) is 0 Å². The molecule has 5 rings (SSSR count). The van der Waals surface area contributed by atoms with Crippen molar-refractivity contribution in [2.75, 3.05) is 10.6 Å². The molecule has 0 spiro atoms. The molecule has 31 heavy (non-hydrogen) atoms. The van der Waals surface area contributed by atoms with Crippen LogP contribution in [0.5, 0.6) is 0 Å². The summed E-state index contributed by atoms with van der Waals surface area (Å²) < 4.78 is 5.15. The fourth-order valence-electron chi connectivity index (χ4n) is 3.82. The maximum Gasteiger partial charge on any atom is 0.260 e. The van der Waals surface area contributed by atoms with Crippen molar-refractivity contribution in [3.05, 3.63) is 88.3 Å². The van der Waals surface area contributed by atoms with Crippen molar-refractivity contribution in [2.24, 2.45) is 0 Å². The summed E-state index contributed by atoms with van der Waals surface area (Å²) in [4.78, 5) is 29.1. The summed E-state index contributed by atoms with van der Waals surface area (Å²) in [6.07, 6.45) is 2.48. The molecule has 0 atom stereocenters. The van der Waals surface area contributed by atoms with Crippen LogP contribution in [0.25, 0.3) is 11.1 Å². The van der Waals surface area contributed by atoms with Crippen LogP contribution in [0.3, 0.4) is 0 Å². The fourth-order valence-corrected chi connectivity index (χ4v) is 4.53. The maximum atomic E-state index is 12.5. The van der Waals surface area contributed by atoms with Gasteiger partial charge >= 0.3 is 0 Å². The third-order valence-corrected chi connectivity index (χ3v) is 6.10. The highest BCUT2D eigenvalue weighted by Gasteiger charge is 2.19. The molecule has 154 valence electrons. The van der Waals surface area contributed by atoms with E-state index < -0.39 is 0 Å². The van der Waals surface area contributed by atoms with Gasteiger partial charge < -0.3 is 9.73 Å². The summed E-state index contributed by atoms with van der Waals surface area (Å²) in [5.41, 5.74) is 6.86. The quantitative estimate of drug-likeness (QED) is 0.409. The number of nitrogens with zero attached hydrogens (tertiary/aromatic N) is 1. The summed E-state index contributed by atoms with van der Waals surface area (Å²) >= 11 is 1.28.